The van der Waals surface area contributed by atoms with Gasteiger partial charge in [0.25, 0.3) is 0 Å². The van der Waals surface area contributed by atoms with E-state index in [1.807, 2.05) is 0 Å². The van der Waals surface area contributed by atoms with Crippen molar-refractivity contribution in [2.75, 3.05) is 19.7 Å². The molecule has 150 valence electrons. The fourth-order valence-corrected chi connectivity index (χ4v) is 2.64. The molecule has 0 saturated carbocycles. The second-order valence-corrected chi connectivity index (χ2v) is 5.50. The molecule has 1 saturated heterocycles. The molecule has 0 aliphatic carbocycles. The SMILES string of the molecule is C=CCOC(=O)CC[C@H](C(=O)OC(=O)C(F)(F)F)N1CCC[C@H]1CN.Cl. The Morgan fingerprint density at radius 2 is 2.00 bits per heavy atom. The molecule has 0 amide bonds. The molecule has 0 spiro atoms. The largest absolute Gasteiger partial charge is 0.491 e. The molecule has 1 aliphatic rings. The van der Waals surface area contributed by atoms with Crippen LogP contribution >= 0.6 is 12.4 Å². The van der Waals surface area contributed by atoms with Crippen LogP contribution < -0.4 is 5.73 Å². The van der Waals surface area contributed by atoms with E-state index >= 15 is 0 Å². The number of alkyl halides is 3. The zero-order chi connectivity index (χ0) is 19.0. The lowest BCUT2D eigenvalue weighted by atomic mass is 10.1. The minimum absolute atomic E-state index is 0. The minimum atomic E-state index is -5.28. The third-order valence-electron chi connectivity index (χ3n) is 3.78. The van der Waals surface area contributed by atoms with Gasteiger partial charge in [0, 0.05) is 19.0 Å². The molecular weight excluding hydrogens is 381 g/mol. The lowest BCUT2D eigenvalue weighted by molar-refractivity contribution is -0.203. The predicted octanol–water partition coefficient (Wildman–Crippen LogP) is 1.34. The van der Waals surface area contributed by atoms with E-state index < -0.39 is 30.1 Å². The van der Waals surface area contributed by atoms with Crippen LogP contribution in [0.3, 0.4) is 0 Å². The number of nitrogens with two attached hydrogens (primary N) is 1. The molecule has 1 fully saturated rings. The van der Waals surface area contributed by atoms with Crippen LogP contribution in [0.2, 0.25) is 0 Å². The Bertz CT molecular complexity index is 516. The van der Waals surface area contributed by atoms with Gasteiger partial charge in [0.2, 0.25) is 0 Å². The van der Waals surface area contributed by atoms with E-state index in [0.29, 0.717) is 19.4 Å². The quantitative estimate of drug-likeness (QED) is 0.371. The van der Waals surface area contributed by atoms with Crippen LogP contribution in [0.1, 0.15) is 25.7 Å². The topological polar surface area (TPSA) is 98.9 Å². The van der Waals surface area contributed by atoms with Gasteiger partial charge in [0.05, 0.1) is 0 Å². The third kappa shape index (κ3) is 7.30. The van der Waals surface area contributed by atoms with Gasteiger partial charge in [-0.05, 0) is 25.8 Å². The molecule has 0 bridgehead atoms. The normalized spacial score (nSPS) is 18.5. The Labute approximate surface area is 155 Å². The van der Waals surface area contributed by atoms with Gasteiger partial charge in [-0.3, -0.25) is 9.69 Å². The Balaban J connectivity index is 0.00000625. The molecule has 0 radical (unpaired) electrons. The zero-order valence-corrected chi connectivity index (χ0v) is 14.8. The van der Waals surface area contributed by atoms with Gasteiger partial charge in [-0.25, -0.2) is 9.59 Å². The maximum Gasteiger partial charge on any atom is 0.491 e. The number of likely N-dealkylation sites (tertiary alicyclic amines) is 1. The molecule has 1 aliphatic heterocycles. The van der Waals surface area contributed by atoms with Crippen LogP contribution in [-0.4, -0.2) is 60.8 Å². The molecule has 2 atom stereocenters. The second-order valence-electron chi connectivity index (χ2n) is 5.50. The molecule has 1 heterocycles. The number of carbonyl (C=O) groups excluding carboxylic acids is 3. The maximum atomic E-state index is 12.3. The third-order valence-corrected chi connectivity index (χ3v) is 3.78. The average Bonchev–Trinajstić information content (AvgIpc) is 3.00. The van der Waals surface area contributed by atoms with Crippen molar-refractivity contribution in [2.45, 2.75) is 43.9 Å². The van der Waals surface area contributed by atoms with E-state index in [2.05, 4.69) is 11.3 Å². The highest BCUT2D eigenvalue weighted by Crippen LogP contribution is 2.24. The Hall–Kier alpha value is -1.65. The first kappa shape index (κ1) is 24.4. The van der Waals surface area contributed by atoms with Crippen molar-refractivity contribution >= 4 is 30.3 Å². The van der Waals surface area contributed by atoms with E-state index in [-0.39, 0.29) is 44.4 Å². The molecule has 7 nitrogen and oxygen atoms in total. The summed E-state index contributed by atoms with van der Waals surface area (Å²) < 4.78 is 45.6. The molecule has 1 rings (SSSR count). The summed E-state index contributed by atoms with van der Waals surface area (Å²) in [5.41, 5.74) is 5.61. The summed E-state index contributed by atoms with van der Waals surface area (Å²) in [6.07, 6.45) is -2.93. The summed E-state index contributed by atoms with van der Waals surface area (Å²) in [4.78, 5) is 36.1. The van der Waals surface area contributed by atoms with Crippen LogP contribution in [0.5, 0.6) is 0 Å². The predicted molar refractivity (Wildman–Crippen MR) is 87.4 cm³/mol. The standard InChI is InChI=1S/C15H21F3N2O5.ClH/c1-2-8-24-12(21)6-5-11(20-7-3-4-10(20)9-19)13(22)25-14(23)15(16,17)18;/h2,10-11H,1,3-9,19H2;1H/t10-,11+;/m0./s1. The van der Waals surface area contributed by atoms with Crippen molar-refractivity contribution in [2.24, 2.45) is 5.73 Å². The highest BCUT2D eigenvalue weighted by Gasteiger charge is 2.45. The van der Waals surface area contributed by atoms with Crippen molar-refractivity contribution in [3.05, 3.63) is 12.7 Å². The highest BCUT2D eigenvalue weighted by atomic mass is 35.5. The monoisotopic (exact) mass is 402 g/mol. The van der Waals surface area contributed by atoms with E-state index in [0.717, 1.165) is 0 Å². The average molecular weight is 403 g/mol. The van der Waals surface area contributed by atoms with Crippen molar-refractivity contribution < 1.29 is 37.0 Å². The lowest BCUT2D eigenvalue weighted by Gasteiger charge is -2.30. The van der Waals surface area contributed by atoms with Gasteiger partial charge in [-0.15, -0.1) is 12.4 Å². The first-order valence-corrected chi connectivity index (χ1v) is 7.75. The number of carbonyl (C=O) groups is 3. The summed E-state index contributed by atoms with van der Waals surface area (Å²) in [7, 11) is 0. The molecule has 26 heavy (non-hydrogen) atoms. The van der Waals surface area contributed by atoms with Crippen LogP contribution in [0.4, 0.5) is 13.2 Å². The van der Waals surface area contributed by atoms with Gasteiger partial charge in [-0.1, -0.05) is 12.7 Å². The fourth-order valence-electron chi connectivity index (χ4n) is 2.64. The van der Waals surface area contributed by atoms with Gasteiger partial charge in [-0.2, -0.15) is 13.2 Å². The summed E-state index contributed by atoms with van der Waals surface area (Å²) in [6, 6.07) is -1.42. The van der Waals surface area contributed by atoms with Gasteiger partial charge in [0.1, 0.15) is 12.6 Å². The molecular formula is C15H22ClF3N2O5. The molecule has 0 aromatic rings. The van der Waals surface area contributed by atoms with Crippen molar-refractivity contribution in [1.29, 1.82) is 0 Å². The highest BCUT2D eigenvalue weighted by molar-refractivity contribution is 5.91. The van der Waals surface area contributed by atoms with Crippen LogP contribution in [0.25, 0.3) is 0 Å². The van der Waals surface area contributed by atoms with E-state index in [4.69, 9.17) is 10.5 Å². The van der Waals surface area contributed by atoms with Gasteiger partial charge >= 0.3 is 24.1 Å². The Kier molecular flexibility index (Phi) is 10.4. The van der Waals surface area contributed by atoms with Crippen molar-refractivity contribution in [1.82, 2.24) is 4.90 Å². The Morgan fingerprint density at radius 1 is 1.35 bits per heavy atom. The van der Waals surface area contributed by atoms with Crippen molar-refractivity contribution in [3.8, 4) is 0 Å². The number of rotatable bonds is 8. The maximum absolute atomic E-state index is 12.3. The first-order chi connectivity index (χ1) is 11.7. The first-order valence-electron chi connectivity index (χ1n) is 7.75. The van der Waals surface area contributed by atoms with E-state index in [1.165, 1.54) is 6.08 Å². The van der Waals surface area contributed by atoms with Crippen LogP contribution in [-0.2, 0) is 23.9 Å². The molecule has 0 unspecified atom stereocenters. The molecule has 11 heteroatoms. The number of esters is 3. The summed E-state index contributed by atoms with van der Waals surface area (Å²) >= 11 is 0. The smallest absolute Gasteiger partial charge is 0.461 e. The summed E-state index contributed by atoms with van der Waals surface area (Å²) in [5.74, 6) is -4.57. The number of halogens is 4. The number of hydrogen-bond acceptors (Lipinski definition) is 7. The Morgan fingerprint density at radius 3 is 2.54 bits per heavy atom. The minimum Gasteiger partial charge on any atom is -0.461 e. The second kappa shape index (κ2) is 11.1. The van der Waals surface area contributed by atoms with E-state index in [1.54, 1.807) is 4.90 Å². The summed E-state index contributed by atoms with van der Waals surface area (Å²) in [6.45, 7) is 3.96. The number of nitrogens with zero attached hydrogens (tertiary/aromatic N) is 1. The van der Waals surface area contributed by atoms with E-state index in [9.17, 15) is 27.6 Å². The number of hydrogen-bond donors (Lipinski definition) is 1. The van der Waals surface area contributed by atoms with Crippen molar-refractivity contribution in [3.63, 3.8) is 0 Å². The molecule has 0 aromatic heterocycles. The summed E-state index contributed by atoms with van der Waals surface area (Å²) in [5, 5.41) is 0. The lowest BCUT2D eigenvalue weighted by Crippen LogP contribution is -2.48. The fraction of sp³-hybridized carbons (Fsp3) is 0.667. The molecule has 0 aromatic carbocycles. The zero-order valence-electron chi connectivity index (χ0n) is 14.0. The van der Waals surface area contributed by atoms with Crippen LogP contribution in [0.15, 0.2) is 12.7 Å². The van der Waals surface area contributed by atoms with Crippen LogP contribution in [0, 0.1) is 0 Å². The van der Waals surface area contributed by atoms with Gasteiger partial charge in [0.15, 0.2) is 0 Å². The molecule has 2 N–H and O–H groups in total. The van der Waals surface area contributed by atoms with Gasteiger partial charge < -0.3 is 15.2 Å². The number of ether oxygens (including phenoxy) is 2.